The summed E-state index contributed by atoms with van der Waals surface area (Å²) in [5.74, 6) is -0.961. The zero-order valence-corrected chi connectivity index (χ0v) is 14.7. The van der Waals surface area contributed by atoms with Crippen LogP contribution in [0, 0.1) is 11.3 Å². The second-order valence-electron chi connectivity index (χ2n) is 6.65. The van der Waals surface area contributed by atoms with Crippen LogP contribution < -0.4 is 0 Å². The summed E-state index contributed by atoms with van der Waals surface area (Å²) < 4.78 is 15.7. The summed E-state index contributed by atoms with van der Waals surface area (Å²) in [6.07, 6.45) is 0.420. The Labute approximate surface area is 152 Å². The van der Waals surface area contributed by atoms with Crippen LogP contribution in [-0.2, 0) is 25.6 Å². The number of rotatable bonds is 5. The van der Waals surface area contributed by atoms with Crippen molar-refractivity contribution in [2.75, 3.05) is 20.3 Å². The largest absolute Gasteiger partial charge is 0.467 e. The van der Waals surface area contributed by atoms with Crippen LogP contribution in [0.15, 0.2) is 43.0 Å². The Morgan fingerprint density at radius 2 is 2.15 bits per heavy atom. The molecular formula is C19H23NO6. The van der Waals surface area contributed by atoms with Crippen molar-refractivity contribution in [2.45, 2.75) is 25.4 Å². The normalized spacial score (nSPS) is 29.9. The van der Waals surface area contributed by atoms with Crippen LogP contribution in [0.1, 0.15) is 12.0 Å². The molecule has 2 heterocycles. The van der Waals surface area contributed by atoms with E-state index in [-0.39, 0.29) is 19.8 Å². The van der Waals surface area contributed by atoms with Crippen molar-refractivity contribution in [2.24, 2.45) is 11.3 Å². The monoisotopic (exact) mass is 361 g/mol. The van der Waals surface area contributed by atoms with Gasteiger partial charge in [0.2, 0.25) is 0 Å². The standard InChI is InChI=1S/C19H23NO6/c1-3-9-19-12-26-16(21)14(19)10-20(15(19)17(22)24-2)18(23)25-11-13-7-5-4-6-8-13/h3-8,14-16,21H,1,9-12H2,2H3/t14?,15-,16?,19+/m1/s1. The SMILES string of the molecule is C=CC[C@]12COC(O)C1CN(C(=O)OCc1ccccc1)[C@@H]2C(=O)OC. The van der Waals surface area contributed by atoms with Crippen LogP contribution in [0.3, 0.4) is 0 Å². The summed E-state index contributed by atoms with van der Waals surface area (Å²) in [5.41, 5.74) is 0.0825. The van der Waals surface area contributed by atoms with Gasteiger partial charge in [0.25, 0.3) is 0 Å². The number of aliphatic hydroxyl groups is 1. The van der Waals surface area contributed by atoms with E-state index in [1.54, 1.807) is 6.08 Å². The molecule has 26 heavy (non-hydrogen) atoms. The minimum atomic E-state index is -1.05. The molecule has 2 unspecified atom stereocenters. The number of hydrogen-bond acceptors (Lipinski definition) is 6. The van der Waals surface area contributed by atoms with Crippen molar-refractivity contribution in [3.63, 3.8) is 0 Å². The first kappa shape index (κ1) is 18.4. The summed E-state index contributed by atoms with van der Waals surface area (Å²) in [7, 11) is 1.27. The minimum absolute atomic E-state index is 0.0994. The number of amides is 1. The van der Waals surface area contributed by atoms with Crippen LogP contribution in [0.2, 0.25) is 0 Å². The van der Waals surface area contributed by atoms with Gasteiger partial charge in [0.15, 0.2) is 6.29 Å². The first-order chi connectivity index (χ1) is 12.5. The summed E-state index contributed by atoms with van der Waals surface area (Å²) in [6, 6.07) is 8.39. The summed E-state index contributed by atoms with van der Waals surface area (Å²) >= 11 is 0. The number of carbonyl (C=O) groups excluding carboxylic acids is 2. The van der Waals surface area contributed by atoms with Gasteiger partial charge in [-0.1, -0.05) is 36.4 Å². The quantitative estimate of drug-likeness (QED) is 0.635. The van der Waals surface area contributed by atoms with E-state index in [0.29, 0.717) is 6.42 Å². The van der Waals surface area contributed by atoms with Gasteiger partial charge in [0.05, 0.1) is 13.7 Å². The Balaban J connectivity index is 1.82. The van der Waals surface area contributed by atoms with E-state index >= 15 is 0 Å². The highest BCUT2D eigenvalue weighted by molar-refractivity contribution is 5.83. The van der Waals surface area contributed by atoms with E-state index < -0.39 is 35.7 Å². The molecule has 0 radical (unpaired) electrons. The predicted molar refractivity (Wildman–Crippen MR) is 91.8 cm³/mol. The van der Waals surface area contributed by atoms with Crippen molar-refractivity contribution >= 4 is 12.1 Å². The Hall–Kier alpha value is -2.38. The van der Waals surface area contributed by atoms with Crippen molar-refractivity contribution in [3.8, 4) is 0 Å². The minimum Gasteiger partial charge on any atom is -0.467 e. The third kappa shape index (κ3) is 3.08. The molecule has 1 N–H and O–H groups in total. The molecule has 2 aliphatic heterocycles. The molecule has 140 valence electrons. The number of hydrogen-bond donors (Lipinski definition) is 1. The van der Waals surface area contributed by atoms with Crippen LogP contribution in [0.25, 0.3) is 0 Å². The molecule has 0 spiro atoms. The molecule has 0 bridgehead atoms. The van der Waals surface area contributed by atoms with E-state index in [4.69, 9.17) is 14.2 Å². The fourth-order valence-corrected chi connectivity index (χ4v) is 3.98. The van der Waals surface area contributed by atoms with E-state index in [2.05, 4.69) is 6.58 Å². The van der Waals surface area contributed by atoms with Crippen LogP contribution >= 0.6 is 0 Å². The maximum absolute atomic E-state index is 12.7. The number of esters is 1. The van der Waals surface area contributed by atoms with Crippen LogP contribution in [0.4, 0.5) is 4.79 Å². The number of nitrogens with zero attached hydrogens (tertiary/aromatic N) is 1. The highest BCUT2D eigenvalue weighted by Crippen LogP contribution is 2.51. The molecule has 2 fully saturated rings. The lowest BCUT2D eigenvalue weighted by molar-refractivity contribution is -0.150. The van der Waals surface area contributed by atoms with E-state index in [0.717, 1.165) is 5.56 Å². The second-order valence-corrected chi connectivity index (χ2v) is 6.65. The Morgan fingerprint density at radius 1 is 1.42 bits per heavy atom. The van der Waals surface area contributed by atoms with Gasteiger partial charge >= 0.3 is 12.1 Å². The van der Waals surface area contributed by atoms with Gasteiger partial charge in [-0.15, -0.1) is 6.58 Å². The second kappa shape index (κ2) is 7.47. The van der Waals surface area contributed by atoms with Crippen molar-refractivity contribution in [1.29, 1.82) is 0 Å². The summed E-state index contributed by atoms with van der Waals surface area (Å²) in [6.45, 7) is 4.15. The maximum atomic E-state index is 12.7. The maximum Gasteiger partial charge on any atom is 0.410 e. The van der Waals surface area contributed by atoms with Gasteiger partial charge in [0.1, 0.15) is 12.6 Å². The molecule has 7 heteroatoms. The Kier molecular flexibility index (Phi) is 5.29. The van der Waals surface area contributed by atoms with Gasteiger partial charge in [0, 0.05) is 17.9 Å². The number of benzene rings is 1. The number of ether oxygens (including phenoxy) is 3. The average molecular weight is 361 g/mol. The first-order valence-corrected chi connectivity index (χ1v) is 8.49. The molecule has 7 nitrogen and oxygen atoms in total. The zero-order valence-electron chi connectivity index (χ0n) is 14.7. The molecule has 2 aliphatic rings. The number of aliphatic hydroxyl groups excluding tert-OH is 1. The summed E-state index contributed by atoms with van der Waals surface area (Å²) in [4.78, 5) is 26.5. The van der Waals surface area contributed by atoms with Gasteiger partial charge in [-0.05, 0) is 12.0 Å². The third-order valence-corrected chi connectivity index (χ3v) is 5.24. The van der Waals surface area contributed by atoms with Crippen molar-refractivity contribution in [1.82, 2.24) is 4.90 Å². The van der Waals surface area contributed by atoms with Gasteiger partial charge in [-0.25, -0.2) is 9.59 Å². The van der Waals surface area contributed by atoms with Gasteiger partial charge < -0.3 is 19.3 Å². The lowest BCUT2D eigenvalue weighted by Gasteiger charge is -2.33. The summed E-state index contributed by atoms with van der Waals surface area (Å²) in [5, 5.41) is 10.2. The third-order valence-electron chi connectivity index (χ3n) is 5.24. The van der Waals surface area contributed by atoms with Gasteiger partial charge in [-0.2, -0.15) is 0 Å². The molecule has 1 amide bonds. The Bertz CT molecular complexity index is 678. The topological polar surface area (TPSA) is 85.3 Å². The number of fused-ring (bicyclic) bond motifs is 1. The van der Waals surface area contributed by atoms with Crippen molar-refractivity contribution in [3.05, 3.63) is 48.6 Å². The first-order valence-electron chi connectivity index (χ1n) is 8.49. The molecule has 2 saturated heterocycles. The van der Waals surface area contributed by atoms with E-state index in [1.165, 1.54) is 12.0 Å². The lowest BCUT2D eigenvalue weighted by Crippen LogP contribution is -2.50. The molecule has 4 atom stereocenters. The number of allylic oxidation sites excluding steroid dienone is 1. The van der Waals surface area contributed by atoms with Gasteiger partial charge in [-0.3, -0.25) is 4.90 Å². The predicted octanol–water partition coefficient (Wildman–Crippen LogP) is 1.71. The Morgan fingerprint density at radius 3 is 2.81 bits per heavy atom. The molecule has 1 aromatic rings. The molecule has 0 aliphatic carbocycles. The fourth-order valence-electron chi connectivity index (χ4n) is 3.98. The van der Waals surface area contributed by atoms with E-state index in [1.807, 2.05) is 30.3 Å². The molecule has 3 rings (SSSR count). The number of likely N-dealkylation sites (tertiary alicyclic amines) is 1. The highest BCUT2D eigenvalue weighted by Gasteiger charge is 2.64. The average Bonchev–Trinajstić information content (AvgIpc) is 3.15. The highest BCUT2D eigenvalue weighted by atomic mass is 16.6. The molecule has 1 aromatic carbocycles. The lowest BCUT2D eigenvalue weighted by atomic mass is 9.72. The number of carbonyl (C=O) groups is 2. The van der Waals surface area contributed by atoms with E-state index in [9.17, 15) is 14.7 Å². The smallest absolute Gasteiger partial charge is 0.410 e. The van der Waals surface area contributed by atoms with Crippen LogP contribution in [0.5, 0.6) is 0 Å². The fraction of sp³-hybridized carbons (Fsp3) is 0.474. The molecule has 0 aromatic heterocycles. The van der Waals surface area contributed by atoms with Crippen LogP contribution in [-0.4, -0.2) is 54.7 Å². The molecule has 0 saturated carbocycles. The van der Waals surface area contributed by atoms with Crippen molar-refractivity contribution < 1.29 is 28.9 Å². The zero-order chi connectivity index (χ0) is 18.7. The number of methoxy groups -OCH3 is 1. The molecular weight excluding hydrogens is 338 g/mol.